The Bertz CT molecular complexity index is 599. The maximum atomic E-state index is 12.0. The lowest BCUT2D eigenvalue weighted by Crippen LogP contribution is -2.24. The van der Waals surface area contributed by atoms with Gasteiger partial charge in [-0.2, -0.15) is 0 Å². The monoisotopic (exact) mass is 320 g/mol. The summed E-state index contributed by atoms with van der Waals surface area (Å²) in [6.45, 7) is 3.14. The van der Waals surface area contributed by atoms with Crippen LogP contribution >= 0.6 is 11.3 Å². The van der Waals surface area contributed by atoms with E-state index in [9.17, 15) is 4.79 Å². The van der Waals surface area contributed by atoms with Gasteiger partial charge in [0.25, 0.3) is 5.91 Å². The van der Waals surface area contributed by atoms with E-state index in [2.05, 4.69) is 17.2 Å². The van der Waals surface area contributed by atoms with Crippen LogP contribution < -0.4 is 14.8 Å². The first-order chi connectivity index (χ1) is 10.7. The highest BCUT2D eigenvalue weighted by atomic mass is 32.1. The molecule has 0 aliphatic carbocycles. The van der Waals surface area contributed by atoms with Gasteiger partial charge in [-0.25, -0.2) is 4.98 Å². The van der Waals surface area contributed by atoms with E-state index in [-0.39, 0.29) is 5.91 Å². The zero-order chi connectivity index (χ0) is 15.8. The van der Waals surface area contributed by atoms with Gasteiger partial charge in [0.1, 0.15) is 6.61 Å². The Morgan fingerprint density at radius 1 is 1.36 bits per heavy atom. The molecule has 0 spiro atoms. The molecule has 0 saturated carbocycles. The van der Waals surface area contributed by atoms with E-state index >= 15 is 0 Å². The summed E-state index contributed by atoms with van der Waals surface area (Å²) in [6.07, 6.45) is 2.02. The predicted molar refractivity (Wildman–Crippen MR) is 86.7 cm³/mol. The molecule has 1 aromatic carbocycles. The normalized spacial score (nSPS) is 10.3. The van der Waals surface area contributed by atoms with Gasteiger partial charge in [0, 0.05) is 17.5 Å². The highest BCUT2D eigenvalue weighted by Crippen LogP contribution is 2.28. The first kappa shape index (κ1) is 16.3. The lowest BCUT2D eigenvalue weighted by Gasteiger charge is -2.11. The molecule has 1 aromatic heterocycles. The van der Waals surface area contributed by atoms with Gasteiger partial charge in [0.15, 0.2) is 11.5 Å². The lowest BCUT2D eigenvalue weighted by molar-refractivity contribution is 0.0952. The van der Waals surface area contributed by atoms with Crippen molar-refractivity contribution in [2.45, 2.75) is 26.4 Å². The van der Waals surface area contributed by atoms with Crippen molar-refractivity contribution in [2.75, 3.05) is 13.7 Å². The summed E-state index contributed by atoms with van der Waals surface area (Å²) in [5.41, 5.74) is 3.20. The molecule has 1 N–H and O–H groups in total. The Kier molecular flexibility index (Phi) is 6.21. The molecule has 5 nitrogen and oxygen atoms in total. The maximum absolute atomic E-state index is 12.0. The molecule has 0 aliphatic rings. The van der Waals surface area contributed by atoms with Gasteiger partial charge in [-0.15, -0.1) is 11.3 Å². The fourth-order valence-electron chi connectivity index (χ4n) is 1.87. The number of nitrogens with zero attached hydrogens (tertiary/aromatic N) is 1. The van der Waals surface area contributed by atoms with E-state index in [1.807, 2.05) is 5.38 Å². The standard InChI is InChI=1S/C16H20N2O3S/c1-3-4-7-17-16(19)12-5-6-14(15(8-12)20-2)21-9-13-10-22-11-18-13/h5-6,8,10-11H,3-4,7,9H2,1-2H3,(H,17,19). The van der Waals surface area contributed by atoms with Crippen LogP contribution in [0.15, 0.2) is 29.1 Å². The molecule has 0 fully saturated rings. The van der Waals surface area contributed by atoms with Gasteiger partial charge in [-0.1, -0.05) is 13.3 Å². The van der Waals surface area contributed by atoms with Crippen molar-refractivity contribution >= 4 is 17.2 Å². The third kappa shape index (κ3) is 4.46. The minimum atomic E-state index is -0.0993. The fourth-order valence-corrected chi connectivity index (χ4v) is 2.41. The molecular weight excluding hydrogens is 300 g/mol. The fraction of sp³-hybridized carbons (Fsp3) is 0.375. The largest absolute Gasteiger partial charge is 0.493 e. The van der Waals surface area contributed by atoms with Crippen molar-refractivity contribution in [1.82, 2.24) is 10.3 Å². The number of hydrogen-bond acceptors (Lipinski definition) is 5. The molecular formula is C16H20N2O3S. The lowest BCUT2D eigenvalue weighted by atomic mass is 10.2. The molecule has 0 atom stereocenters. The van der Waals surface area contributed by atoms with E-state index in [1.165, 1.54) is 11.3 Å². The number of nitrogens with one attached hydrogen (secondary N) is 1. The number of benzene rings is 1. The van der Waals surface area contributed by atoms with Gasteiger partial charge in [0.05, 0.1) is 18.3 Å². The van der Waals surface area contributed by atoms with Crippen LogP contribution in [-0.2, 0) is 6.61 Å². The first-order valence-electron chi connectivity index (χ1n) is 7.20. The third-order valence-corrected chi connectivity index (χ3v) is 3.74. The Balaban J connectivity index is 2.01. The number of thiazole rings is 1. The molecule has 6 heteroatoms. The van der Waals surface area contributed by atoms with Crippen LogP contribution in [0.1, 0.15) is 35.8 Å². The second kappa shape index (κ2) is 8.38. The Labute approximate surface area is 134 Å². The molecule has 0 saturated heterocycles. The van der Waals surface area contributed by atoms with Gasteiger partial charge in [0.2, 0.25) is 0 Å². The summed E-state index contributed by atoms with van der Waals surface area (Å²) in [5.74, 6) is 1.04. The van der Waals surface area contributed by atoms with E-state index < -0.39 is 0 Å². The van der Waals surface area contributed by atoms with E-state index in [0.717, 1.165) is 18.5 Å². The molecule has 2 aromatic rings. The number of carbonyl (C=O) groups is 1. The van der Waals surface area contributed by atoms with Gasteiger partial charge < -0.3 is 14.8 Å². The quantitative estimate of drug-likeness (QED) is 0.758. The van der Waals surface area contributed by atoms with Crippen molar-refractivity contribution in [3.8, 4) is 11.5 Å². The van der Waals surface area contributed by atoms with Crippen molar-refractivity contribution in [1.29, 1.82) is 0 Å². The highest BCUT2D eigenvalue weighted by Gasteiger charge is 2.11. The van der Waals surface area contributed by atoms with Crippen LogP contribution in [0.4, 0.5) is 0 Å². The minimum absolute atomic E-state index is 0.0993. The molecule has 2 rings (SSSR count). The van der Waals surface area contributed by atoms with Crippen LogP contribution in [0.5, 0.6) is 11.5 Å². The minimum Gasteiger partial charge on any atom is -0.493 e. The Morgan fingerprint density at radius 2 is 2.23 bits per heavy atom. The third-order valence-electron chi connectivity index (χ3n) is 3.10. The van der Waals surface area contributed by atoms with Crippen molar-refractivity contribution < 1.29 is 14.3 Å². The number of ether oxygens (including phenoxy) is 2. The molecule has 0 unspecified atom stereocenters. The number of aromatic nitrogens is 1. The zero-order valence-electron chi connectivity index (χ0n) is 12.8. The molecule has 0 aliphatic heterocycles. The smallest absolute Gasteiger partial charge is 0.251 e. The van der Waals surface area contributed by atoms with E-state index in [4.69, 9.17) is 9.47 Å². The van der Waals surface area contributed by atoms with E-state index in [1.54, 1.807) is 30.8 Å². The van der Waals surface area contributed by atoms with Crippen LogP contribution in [0.3, 0.4) is 0 Å². The number of carbonyl (C=O) groups excluding carboxylic acids is 1. The van der Waals surface area contributed by atoms with Gasteiger partial charge in [-0.05, 0) is 24.6 Å². The highest BCUT2D eigenvalue weighted by molar-refractivity contribution is 7.07. The molecule has 22 heavy (non-hydrogen) atoms. The van der Waals surface area contributed by atoms with Gasteiger partial charge >= 0.3 is 0 Å². The predicted octanol–water partition coefficient (Wildman–Crippen LogP) is 3.26. The number of amides is 1. The van der Waals surface area contributed by atoms with Crippen LogP contribution in [-0.4, -0.2) is 24.5 Å². The average Bonchev–Trinajstić information content (AvgIpc) is 3.06. The SMILES string of the molecule is CCCCNC(=O)c1ccc(OCc2cscn2)c(OC)c1. The number of hydrogen-bond donors (Lipinski definition) is 1. The first-order valence-corrected chi connectivity index (χ1v) is 8.15. The summed E-state index contributed by atoms with van der Waals surface area (Å²) in [5, 5.41) is 4.81. The summed E-state index contributed by atoms with van der Waals surface area (Å²) >= 11 is 1.53. The van der Waals surface area contributed by atoms with Gasteiger partial charge in [-0.3, -0.25) is 4.79 Å². The maximum Gasteiger partial charge on any atom is 0.251 e. The van der Waals surface area contributed by atoms with Crippen molar-refractivity contribution in [3.63, 3.8) is 0 Å². The molecule has 118 valence electrons. The molecule has 0 bridgehead atoms. The topological polar surface area (TPSA) is 60.5 Å². The summed E-state index contributed by atoms with van der Waals surface area (Å²) in [7, 11) is 1.56. The van der Waals surface area contributed by atoms with Crippen LogP contribution in [0.25, 0.3) is 0 Å². The summed E-state index contributed by atoms with van der Waals surface area (Å²) in [6, 6.07) is 5.18. The van der Waals surface area contributed by atoms with Crippen molar-refractivity contribution in [3.05, 3.63) is 40.3 Å². The number of rotatable bonds is 8. The summed E-state index contributed by atoms with van der Waals surface area (Å²) < 4.78 is 11.0. The molecule has 0 radical (unpaired) electrons. The number of unbranched alkanes of at least 4 members (excludes halogenated alkanes) is 1. The molecule has 1 heterocycles. The second-order valence-corrected chi connectivity index (χ2v) is 5.46. The van der Waals surface area contributed by atoms with E-state index in [0.29, 0.717) is 30.2 Å². The number of methoxy groups -OCH3 is 1. The average molecular weight is 320 g/mol. The molecule has 1 amide bonds. The van der Waals surface area contributed by atoms with Crippen LogP contribution in [0, 0.1) is 0 Å². The Morgan fingerprint density at radius 3 is 2.91 bits per heavy atom. The zero-order valence-corrected chi connectivity index (χ0v) is 13.6. The van der Waals surface area contributed by atoms with Crippen molar-refractivity contribution in [2.24, 2.45) is 0 Å². The Hall–Kier alpha value is -2.08. The second-order valence-electron chi connectivity index (χ2n) is 4.74. The summed E-state index contributed by atoms with van der Waals surface area (Å²) in [4.78, 5) is 16.2. The van der Waals surface area contributed by atoms with Crippen LogP contribution in [0.2, 0.25) is 0 Å².